The van der Waals surface area contributed by atoms with Crippen molar-refractivity contribution in [2.24, 2.45) is 0 Å². The minimum Gasteiger partial charge on any atom is -0.507 e. The molecule has 1 aromatic carbocycles. The van der Waals surface area contributed by atoms with Gasteiger partial charge in [-0.25, -0.2) is 0 Å². The normalized spacial score (nSPS) is 14.6. The number of hydrogen-bond acceptors (Lipinski definition) is 4. The highest BCUT2D eigenvalue weighted by molar-refractivity contribution is 5.98. The molecule has 4 heteroatoms. The van der Waals surface area contributed by atoms with Crippen LogP contribution in [-0.4, -0.2) is 33.8 Å². The lowest BCUT2D eigenvalue weighted by Crippen LogP contribution is -2.28. The highest BCUT2D eigenvalue weighted by Gasteiger charge is 2.28. The molecule has 1 aliphatic heterocycles. The molecule has 0 atom stereocenters. The topological polar surface area (TPSA) is 43.8 Å². The van der Waals surface area contributed by atoms with Crippen LogP contribution in [0.3, 0.4) is 0 Å². The van der Waals surface area contributed by atoms with E-state index in [1.165, 1.54) is 25.7 Å². The van der Waals surface area contributed by atoms with E-state index in [-0.39, 0.29) is 23.2 Å². The number of unbranched alkanes of at least 4 members (excludes halogenated alkanes) is 4. The van der Waals surface area contributed by atoms with Gasteiger partial charge in [0.05, 0.1) is 6.54 Å². The van der Waals surface area contributed by atoms with Crippen LogP contribution in [0.4, 0.5) is 0 Å². The molecule has 1 heterocycles. The van der Waals surface area contributed by atoms with Crippen LogP contribution >= 0.6 is 0 Å². The third-order valence-corrected chi connectivity index (χ3v) is 5.95. The van der Waals surface area contributed by atoms with Gasteiger partial charge in [-0.05, 0) is 29.4 Å². The summed E-state index contributed by atoms with van der Waals surface area (Å²) in [4.78, 5) is 17.3. The van der Waals surface area contributed by atoms with Crippen molar-refractivity contribution >= 4 is 5.78 Å². The number of phenolic OH excluding ortho intramolecular Hbond substituents is 1. The lowest BCUT2D eigenvalue weighted by molar-refractivity contribution is 0.0962. The molecule has 1 aliphatic rings. The quantitative estimate of drug-likeness (QED) is 0.352. The van der Waals surface area contributed by atoms with Gasteiger partial charge in [-0.2, -0.15) is 0 Å². The summed E-state index contributed by atoms with van der Waals surface area (Å²) in [6.07, 6.45) is 10.1. The van der Waals surface area contributed by atoms with Crippen LogP contribution in [0.5, 0.6) is 5.75 Å². The smallest absolute Gasteiger partial charge is 0.182 e. The Morgan fingerprint density at radius 2 is 1.42 bits per heavy atom. The monoisotopic (exact) mass is 426 g/mol. The highest BCUT2D eigenvalue weighted by Crippen LogP contribution is 2.40. The minimum absolute atomic E-state index is 0.0339. The van der Waals surface area contributed by atoms with Crippen molar-refractivity contribution in [1.82, 2.24) is 9.80 Å². The summed E-state index contributed by atoms with van der Waals surface area (Å²) in [7, 11) is 0. The maximum absolute atomic E-state index is 13.2. The van der Waals surface area contributed by atoms with Gasteiger partial charge in [-0.15, -0.1) is 0 Å². The zero-order valence-corrected chi connectivity index (χ0v) is 20.7. The Morgan fingerprint density at radius 3 is 1.94 bits per heavy atom. The van der Waals surface area contributed by atoms with Gasteiger partial charge in [0.2, 0.25) is 0 Å². The molecule has 31 heavy (non-hydrogen) atoms. The van der Waals surface area contributed by atoms with Gasteiger partial charge < -0.3 is 14.9 Å². The van der Waals surface area contributed by atoms with E-state index in [1.807, 2.05) is 29.4 Å². The molecule has 0 fully saturated rings. The predicted molar refractivity (Wildman–Crippen MR) is 130 cm³/mol. The third kappa shape index (κ3) is 6.38. The first kappa shape index (κ1) is 25.0. The van der Waals surface area contributed by atoms with Crippen LogP contribution < -0.4 is 0 Å². The number of rotatable bonds is 9. The first-order chi connectivity index (χ1) is 14.4. The van der Waals surface area contributed by atoms with Crippen molar-refractivity contribution in [2.45, 2.75) is 91.4 Å². The lowest BCUT2D eigenvalue weighted by Gasteiger charge is -2.28. The summed E-state index contributed by atoms with van der Waals surface area (Å²) in [6, 6.07) is 3.72. The van der Waals surface area contributed by atoms with Crippen molar-refractivity contribution in [2.75, 3.05) is 13.1 Å². The largest absolute Gasteiger partial charge is 0.507 e. The Labute approximate surface area is 189 Å². The molecule has 172 valence electrons. The van der Waals surface area contributed by atoms with E-state index in [2.05, 4.69) is 59.9 Å². The summed E-state index contributed by atoms with van der Waals surface area (Å²) in [5.41, 5.74) is 1.76. The van der Waals surface area contributed by atoms with Gasteiger partial charge in [-0.1, -0.05) is 80.7 Å². The molecule has 0 saturated carbocycles. The van der Waals surface area contributed by atoms with Gasteiger partial charge in [0.1, 0.15) is 11.6 Å². The van der Waals surface area contributed by atoms with Crippen LogP contribution in [-0.2, 0) is 10.8 Å². The van der Waals surface area contributed by atoms with E-state index in [4.69, 9.17) is 0 Å². The van der Waals surface area contributed by atoms with Gasteiger partial charge in [0, 0.05) is 35.6 Å². The van der Waals surface area contributed by atoms with Crippen LogP contribution in [0.15, 0.2) is 36.9 Å². The Kier molecular flexibility index (Phi) is 8.02. The molecular weight excluding hydrogens is 384 g/mol. The SMILES string of the molecule is C=C1N(CCCCCCC)C=CN1CC(=O)c1cc(C(C)(C)C)c(O)c(C(C)(C)C)c1. The molecule has 0 unspecified atom stereocenters. The Morgan fingerprint density at radius 1 is 0.903 bits per heavy atom. The highest BCUT2D eigenvalue weighted by atomic mass is 16.3. The van der Waals surface area contributed by atoms with Gasteiger partial charge in [-0.3, -0.25) is 4.79 Å². The second-order valence-electron chi connectivity index (χ2n) is 10.8. The first-order valence-corrected chi connectivity index (χ1v) is 11.7. The van der Waals surface area contributed by atoms with E-state index >= 15 is 0 Å². The van der Waals surface area contributed by atoms with E-state index in [0.717, 1.165) is 29.9 Å². The summed E-state index contributed by atoms with van der Waals surface area (Å²) >= 11 is 0. The van der Waals surface area contributed by atoms with Gasteiger partial charge in [0.25, 0.3) is 0 Å². The number of phenols is 1. The Balaban J connectivity index is 2.14. The molecule has 0 radical (unpaired) electrons. The number of benzene rings is 1. The Bertz CT molecular complexity index is 790. The molecule has 0 amide bonds. The summed E-state index contributed by atoms with van der Waals surface area (Å²) in [5.74, 6) is 1.19. The average molecular weight is 427 g/mol. The van der Waals surface area contributed by atoms with Gasteiger partial charge >= 0.3 is 0 Å². The molecule has 1 aromatic rings. The number of carbonyl (C=O) groups excluding carboxylic acids is 1. The molecule has 0 bridgehead atoms. The molecule has 0 spiro atoms. The zero-order chi connectivity index (χ0) is 23.4. The standard InChI is InChI=1S/C27H42N2O2/c1-9-10-11-12-13-14-28-15-16-29(20(28)2)19-24(30)21-17-22(26(3,4)5)25(31)23(18-21)27(6,7)8/h15-18,31H,2,9-14,19H2,1,3-8H3. The van der Waals surface area contributed by atoms with E-state index < -0.39 is 0 Å². The van der Waals surface area contributed by atoms with Crippen LogP contribution in [0, 0.1) is 0 Å². The summed E-state index contributed by atoms with van der Waals surface area (Å²) in [6.45, 7) is 20.0. The fourth-order valence-corrected chi connectivity index (χ4v) is 3.92. The molecule has 0 aliphatic carbocycles. The van der Waals surface area contributed by atoms with Crippen LogP contribution in [0.1, 0.15) is 102 Å². The first-order valence-electron chi connectivity index (χ1n) is 11.7. The van der Waals surface area contributed by atoms with E-state index in [0.29, 0.717) is 11.3 Å². The second kappa shape index (κ2) is 9.93. The fourth-order valence-electron chi connectivity index (χ4n) is 3.92. The number of aromatic hydroxyl groups is 1. The maximum Gasteiger partial charge on any atom is 0.182 e. The zero-order valence-electron chi connectivity index (χ0n) is 20.7. The van der Waals surface area contributed by atoms with E-state index in [1.54, 1.807) is 0 Å². The number of Topliss-reactive ketones (excluding diaryl/α,β-unsaturated/α-hetero) is 1. The number of nitrogens with zero attached hydrogens (tertiary/aromatic N) is 2. The van der Waals surface area contributed by atoms with Crippen molar-refractivity contribution < 1.29 is 9.90 Å². The number of ketones is 1. The maximum atomic E-state index is 13.2. The van der Waals surface area contributed by atoms with Crippen molar-refractivity contribution in [3.8, 4) is 5.75 Å². The van der Waals surface area contributed by atoms with Gasteiger partial charge in [0.15, 0.2) is 5.78 Å². The predicted octanol–water partition coefficient (Wildman–Crippen LogP) is 6.70. The molecule has 2 rings (SSSR count). The Hall–Kier alpha value is -2.23. The lowest BCUT2D eigenvalue weighted by atomic mass is 9.78. The molecular formula is C27H42N2O2. The van der Waals surface area contributed by atoms with Crippen LogP contribution in [0.25, 0.3) is 0 Å². The van der Waals surface area contributed by atoms with Crippen molar-refractivity contribution in [3.05, 3.63) is 53.6 Å². The summed E-state index contributed by atoms with van der Waals surface area (Å²) < 4.78 is 0. The molecule has 4 nitrogen and oxygen atoms in total. The van der Waals surface area contributed by atoms with Crippen LogP contribution in [0.2, 0.25) is 0 Å². The van der Waals surface area contributed by atoms with E-state index in [9.17, 15) is 9.90 Å². The molecule has 1 N–H and O–H groups in total. The number of hydrogen-bond donors (Lipinski definition) is 1. The fraction of sp³-hybridized carbons (Fsp3) is 0.593. The third-order valence-electron chi connectivity index (χ3n) is 5.95. The van der Waals surface area contributed by atoms with Crippen molar-refractivity contribution in [1.29, 1.82) is 0 Å². The minimum atomic E-state index is -0.258. The second-order valence-corrected chi connectivity index (χ2v) is 10.8. The van der Waals surface area contributed by atoms with Crippen molar-refractivity contribution in [3.63, 3.8) is 0 Å². The summed E-state index contributed by atoms with van der Waals surface area (Å²) in [5, 5.41) is 10.9. The number of carbonyl (C=O) groups is 1. The average Bonchev–Trinajstić information content (AvgIpc) is 2.99. The molecule has 0 saturated heterocycles. The molecule has 0 aromatic heterocycles.